The minimum atomic E-state index is -5.39. The van der Waals surface area contributed by atoms with E-state index in [1.54, 1.807) is 0 Å². The summed E-state index contributed by atoms with van der Waals surface area (Å²) in [6.45, 7) is 0. The normalized spacial score (nSPS) is 9.83. The van der Waals surface area contributed by atoms with Crippen molar-refractivity contribution in [3.63, 3.8) is 0 Å². The summed E-state index contributed by atoms with van der Waals surface area (Å²) in [5.74, 6) is 0. The molecule has 0 amide bonds. The van der Waals surface area contributed by atoms with Gasteiger partial charge >= 0.3 is 57.0 Å². The number of hydrogen-bond donors (Lipinski definition) is 0. The average molecular weight is 486 g/mol. The van der Waals surface area contributed by atoms with Gasteiger partial charge in [0.25, 0.3) is 0 Å². The van der Waals surface area contributed by atoms with Gasteiger partial charge in [-0.2, -0.15) is 15.6 Å². The van der Waals surface area contributed by atoms with Gasteiger partial charge in [-0.3, -0.25) is 0 Å². The van der Waals surface area contributed by atoms with E-state index in [1.807, 2.05) is 0 Å². The van der Waals surface area contributed by atoms with Crippen LogP contribution in [0, 0.1) is 39.9 Å². The quantitative estimate of drug-likeness (QED) is 0.241. The minimum Gasteiger partial charge on any atom is -0.822 e. The molecule has 0 N–H and O–H groups in total. The Kier molecular flexibility index (Phi) is 19.0. The standard InChI is InChI=1S/Cu.2H3O4P.Th/c;2*1-5(2,3)4;/h;2*(H3,1,2,3,4);/q+2;;;+4/p-6. The molecule has 0 atom stereocenters. The molecule has 0 rings (SSSR count). The van der Waals surface area contributed by atoms with E-state index in [1.165, 1.54) is 0 Å². The molecule has 12 heteroatoms. The van der Waals surface area contributed by atoms with Crippen LogP contribution in [0.4, 0.5) is 0 Å². The fourth-order valence-electron chi connectivity index (χ4n) is 0. The SMILES string of the molecule is O=P([O-])([O-])[O-].O=P([O-])([O-])[O-].[Cu+2].[Th+4]. The zero-order valence-electron chi connectivity index (χ0n) is 4.96. The third-order valence-corrected chi connectivity index (χ3v) is 0. The smallest absolute Gasteiger partial charge is 0.822 e. The van der Waals surface area contributed by atoms with Crippen molar-refractivity contribution in [2.75, 3.05) is 0 Å². The van der Waals surface area contributed by atoms with Gasteiger partial charge in [-0.1, -0.05) is 0 Å². The molecule has 0 spiro atoms. The number of hydrogen-bond acceptors (Lipinski definition) is 8. The average Bonchev–Trinajstić information content (AvgIpc) is 1.12. The van der Waals surface area contributed by atoms with Crippen LogP contribution < -0.4 is 29.4 Å². The second-order valence-corrected chi connectivity index (χ2v) is 2.68. The van der Waals surface area contributed by atoms with E-state index < -0.39 is 15.6 Å². The van der Waals surface area contributed by atoms with Crippen LogP contribution in [0.2, 0.25) is 0 Å². The molecule has 73 valence electrons. The maximum Gasteiger partial charge on any atom is 4.00 e. The maximum atomic E-state index is 8.55. The van der Waals surface area contributed by atoms with Gasteiger partial charge in [0.1, 0.15) is 0 Å². The molecule has 0 bridgehead atoms. The molecule has 0 fully saturated rings. The van der Waals surface area contributed by atoms with Crippen molar-refractivity contribution >= 4 is 15.6 Å². The van der Waals surface area contributed by atoms with Crippen LogP contribution in [0.1, 0.15) is 0 Å². The predicted molar refractivity (Wildman–Crippen MR) is 15.2 cm³/mol. The summed E-state index contributed by atoms with van der Waals surface area (Å²) < 4.78 is 17.1. The molecule has 0 aromatic rings. The van der Waals surface area contributed by atoms with Crippen LogP contribution in [-0.4, -0.2) is 0 Å². The van der Waals surface area contributed by atoms with Crippen LogP contribution in [-0.2, 0) is 26.2 Å². The van der Waals surface area contributed by atoms with Gasteiger partial charge < -0.3 is 38.5 Å². The monoisotopic (exact) mass is 485 g/mol. The third-order valence-electron chi connectivity index (χ3n) is 0. The van der Waals surface area contributed by atoms with Crippen LogP contribution in [0.15, 0.2) is 0 Å². The van der Waals surface area contributed by atoms with Crippen LogP contribution >= 0.6 is 15.6 Å². The van der Waals surface area contributed by atoms with E-state index in [2.05, 4.69) is 0 Å². The second-order valence-electron chi connectivity index (χ2n) is 0.894. The Morgan fingerprint density at radius 2 is 0.667 bits per heavy atom. The van der Waals surface area contributed by atoms with Crippen molar-refractivity contribution < 1.29 is 95.5 Å². The van der Waals surface area contributed by atoms with E-state index >= 15 is 0 Å². The van der Waals surface area contributed by atoms with Crippen molar-refractivity contribution in [3.05, 3.63) is 0 Å². The van der Waals surface area contributed by atoms with E-state index in [0.29, 0.717) is 0 Å². The minimum absolute atomic E-state index is 0. The molecular formula is CuO8P2Th. The van der Waals surface area contributed by atoms with Crippen molar-refractivity contribution in [1.29, 1.82) is 0 Å². The molecule has 8 nitrogen and oxygen atoms in total. The van der Waals surface area contributed by atoms with Crippen LogP contribution in [0.3, 0.4) is 0 Å². The summed E-state index contributed by atoms with van der Waals surface area (Å²) in [7, 11) is -10.8. The summed E-state index contributed by atoms with van der Waals surface area (Å²) in [6, 6.07) is 0. The van der Waals surface area contributed by atoms with Crippen molar-refractivity contribution in [1.82, 2.24) is 0 Å². The molecule has 0 unspecified atom stereocenters. The third kappa shape index (κ3) is 347. The van der Waals surface area contributed by atoms with Crippen molar-refractivity contribution in [2.24, 2.45) is 0 Å². The molecule has 0 aromatic carbocycles. The topological polar surface area (TPSA) is 172 Å². The van der Waals surface area contributed by atoms with Crippen molar-refractivity contribution in [3.8, 4) is 0 Å². The Balaban J connectivity index is -0.0000000457. The van der Waals surface area contributed by atoms with Gasteiger partial charge in [-0.25, -0.2) is 0 Å². The largest absolute Gasteiger partial charge is 4.00 e. The van der Waals surface area contributed by atoms with Crippen LogP contribution in [0.25, 0.3) is 0 Å². The zero-order valence-corrected chi connectivity index (χ0v) is 11.8. The van der Waals surface area contributed by atoms with E-state index in [-0.39, 0.29) is 57.0 Å². The van der Waals surface area contributed by atoms with Gasteiger partial charge in [0.2, 0.25) is 0 Å². The number of rotatable bonds is 0. The van der Waals surface area contributed by atoms with E-state index in [9.17, 15) is 0 Å². The Morgan fingerprint density at radius 3 is 0.667 bits per heavy atom. The maximum absolute atomic E-state index is 8.55. The first kappa shape index (κ1) is 23.7. The Bertz CT molecular complexity index is 129. The summed E-state index contributed by atoms with van der Waals surface area (Å²) in [6.07, 6.45) is 0. The summed E-state index contributed by atoms with van der Waals surface area (Å²) >= 11 is 0. The summed E-state index contributed by atoms with van der Waals surface area (Å²) in [4.78, 5) is 51.3. The fourth-order valence-corrected chi connectivity index (χ4v) is 0. The molecule has 0 saturated carbocycles. The molecule has 0 aliphatic heterocycles. The zero-order chi connectivity index (χ0) is 9.00. The Labute approximate surface area is 110 Å². The summed E-state index contributed by atoms with van der Waals surface area (Å²) in [5, 5.41) is 0. The molecule has 0 saturated heterocycles. The van der Waals surface area contributed by atoms with Gasteiger partial charge in [0.15, 0.2) is 0 Å². The second kappa shape index (κ2) is 9.61. The number of phosphoric acid groups is 2. The Hall–Kier alpha value is 2.06. The van der Waals surface area contributed by atoms with Gasteiger partial charge in [0.05, 0.1) is 0 Å². The predicted octanol–water partition coefficient (Wildman–Crippen LogP) is -5.65. The van der Waals surface area contributed by atoms with Crippen LogP contribution in [0.5, 0.6) is 0 Å². The van der Waals surface area contributed by atoms with E-state index in [4.69, 9.17) is 38.5 Å². The molecule has 0 aromatic heterocycles. The fraction of sp³-hybridized carbons (Fsp3) is 0. The van der Waals surface area contributed by atoms with Gasteiger partial charge in [0, 0.05) is 0 Å². The molecule has 0 heterocycles. The molecule has 0 aliphatic rings. The first-order valence-electron chi connectivity index (χ1n) is 1.46. The van der Waals surface area contributed by atoms with Crippen molar-refractivity contribution in [2.45, 2.75) is 0 Å². The molecule has 1 radical (unpaired) electrons. The van der Waals surface area contributed by atoms with Gasteiger partial charge in [-0.15, -0.1) is 0 Å². The molecule has 12 heavy (non-hydrogen) atoms. The Morgan fingerprint density at radius 1 is 0.667 bits per heavy atom. The van der Waals surface area contributed by atoms with Gasteiger partial charge in [-0.05, 0) is 0 Å². The summed E-state index contributed by atoms with van der Waals surface area (Å²) in [5.41, 5.74) is 0. The first-order valence-corrected chi connectivity index (χ1v) is 4.38. The first-order chi connectivity index (χ1) is 4.00. The molecular weight excluding hydrogens is 486 g/mol. The molecule has 0 aliphatic carbocycles. The van der Waals surface area contributed by atoms with E-state index in [0.717, 1.165) is 0 Å².